The second-order valence-electron chi connectivity index (χ2n) is 5.16. The summed E-state index contributed by atoms with van der Waals surface area (Å²) in [6, 6.07) is 10.3. The predicted molar refractivity (Wildman–Crippen MR) is 90.1 cm³/mol. The van der Waals surface area contributed by atoms with Crippen LogP contribution in [0.25, 0.3) is 0 Å². The minimum absolute atomic E-state index is 0.203. The highest BCUT2D eigenvalue weighted by molar-refractivity contribution is 8.77. The van der Waals surface area contributed by atoms with Crippen molar-refractivity contribution in [3.05, 3.63) is 35.9 Å². The third-order valence-corrected chi connectivity index (χ3v) is 6.49. The standard InChI is InChI=1S/C16H23NOS2/c18-16(9-5-4-8-15-11-13-19-20-15)17-12-10-14-6-2-1-3-7-14/h1-3,6-7,15H,4-5,8-13H2,(H,17,18)/t15-/m0/s1. The Morgan fingerprint density at radius 2 is 2.10 bits per heavy atom. The van der Waals surface area contributed by atoms with E-state index in [2.05, 4.69) is 17.4 Å². The maximum absolute atomic E-state index is 11.7. The predicted octanol–water partition coefficient (Wildman–Crippen LogP) is 4.06. The van der Waals surface area contributed by atoms with Crippen LogP contribution >= 0.6 is 21.6 Å². The number of unbranched alkanes of at least 4 members (excludes halogenated alkanes) is 1. The summed E-state index contributed by atoms with van der Waals surface area (Å²) in [4.78, 5) is 11.7. The molecule has 110 valence electrons. The molecule has 2 nitrogen and oxygen atoms in total. The van der Waals surface area contributed by atoms with E-state index >= 15 is 0 Å². The number of nitrogens with one attached hydrogen (secondary N) is 1. The average molecular weight is 310 g/mol. The van der Waals surface area contributed by atoms with E-state index in [1.165, 1.54) is 30.6 Å². The zero-order valence-corrected chi connectivity index (χ0v) is 13.5. The van der Waals surface area contributed by atoms with Gasteiger partial charge in [0.25, 0.3) is 0 Å². The Morgan fingerprint density at radius 1 is 1.25 bits per heavy atom. The Hall–Kier alpha value is -0.610. The zero-order valence-electron chi connectivity index (χ0n) is 11.8. The first-order chi connectivity index (χ1) is 9.84. The van der Waals surface area contributed by atoms with Crippen LogP contribution in [0.4, 0.5) is 0 Å². The molecule has 0 unspecified atom stereocenters. The van der Waals surface area contributed by atoms with Crippen molar-refractivity contribution in [1.82, 2.24) is 5.32 Å². The Kier molecular flexibility index (Phi) is 7.37. The molecule has 1 heterocycles. The highest BCUT2D eigenvalue weighted by atomic mass is 33.1. The fourth-order valence-corrected chi connectivity index (χ4v) is 5.33. The average Bonchev–Trinajstić information content (AvgIpc) is 2.98. The van der Waals surface area contributed by atoms with Gasteiger partial charge in [0.1, 0.15) is 0 Å². The van der Waals surface area contributed by atoms with Crippen LogP contribution in [0.2, 0.25) is 0 Å². The Balaban J connectivity index is 1.48. The first-order valence-corrected chi connectivity index (χ1v) is 9.82. The first-order valence-electron chi connectivity index (χ1n) is 7.43. The topological polar surface area (TPSA) is 29.1 Å². The van der Waals surface area contributed by atoms with Crippen LogP contribution in [0.3, 0.4) is 0 Å². The van der Waals surface area contributed by atoms with Gasteiger partial charge in [-0.25, -0.2) is 0 Å². The van der Waals surface area contributed by atoms with Crippen LogP contribution < -0.4 is 5.32 Å². The fourth-order valence-electron chi connectivity index (χ4n) is 2.30. The lowest BCUT2D eigenvalue weighted by atomic mass is 10.1. The molecule has 1 amide bonds. The molecule has 0 bridgehead atoms. The summed E-state index contributed by atoms with van der Waals surface area (Å²) in [7, 11) is 4.02. The Labute approximate surface area is 129 Å². The van der Waals surface area contributed by atoms with Gasteiger partial charge in [0.2, 0.25) is 5.91 Å². The Morgan fingerprint density at radius 3 is 2.85 bits per heavy atom. The molecule has 1 aliphatic rings. The van der Waals surface area contributed by atoms with Crippen molar-refractivity contribution in [2.45, 2.75) is 43.8 Å². The summed E-state index contributed by atoms with van der Waals surface area (Å²) >= 11 is 0. The third-order valence-electron chi connectivity index (χ3n) is 3.49. The molecule has 1 aromatic rings. The molecule has 0 radical (unpaired) electrons. The SMILES string of the molecule is O=C(CCCC[C@H]1CCSS1)NCCc1ccccc1. The Bertz CT molecular complexity index is 391. The van der Waals surface area contributed by atoms with Gasteiger partial charge in [-0.3, -0.25) is 4.79 Å². The van der Waals surface area contributed by atoms with Gasteiger partial charge in [0.05, 0.1) is 0 Å². The van der Waals surface area contributed by atoms with Crippen molar-refractivity contribution in [3.63, 3.8) is 0 Å². The second kappa shape index (κ2) is 9.35. The number of benzene rings is 1. The van der Waals surface area contributed by atoms with Crippen molar-refractivity contribution >= 4 is 27.5 Å². The number of amides is 1. The van der Waals surface area contributed by atoms with Crippen LogP contribution in [0, 0.1) is 0 Å². The number of carbonyl (C=O) groups is 1. The van der Waals surface area contributed by atoms with Gasteiger partial charge in [-0.05, 0) is 31.2 Å². The molecule has 0 aliphatic carbocycles. The zero-order chi connectivity index (χ0) is 14.0. The van der Waals surface area contributed by atoms with Crippen molar-refractivity contribution in [1.29, 1.82) is 0 Å². The van der Waals surface area contributed by atoms with Crippen LogP contribution in [-0.4, -0.2) is 23.5 Å². The van der Waals surface area contributed by atoms with E-state index in [-0.39, 0.29) is 5.91 Å². The van der Waals surface area contributed by atoms with Gasteiger partial charge in [0.15, 0.2) is 0 Å². The van der Waals surface area contributed by atoms with E-state index < -0.39 is 0 Å². The summed E-state index contributed by atoms with van der Waals surface area (Å²) in [6.07, 6.45) is 6.43. The lowest BCUT2D eigenvalue weighted by Gasteiger charge is -2.07. The highest BCUT2D eigenvalue weighted by Gasteiger charge is 2.15. The quantitative estimate of drug-likeness (QED) is 0.580. The molecule has 0 spiro atoms. The summed E-state index contributed by atoms with van der Waals surface area (Å²) in [5, 5.41) is 3.85. The minimum atomic E-state index is 0.203. The smallest absolute Gasteiger partial charge is 0.220 e. The molecule has 1 fully saturated rings. The second-order valence-corrected chi connectivity index (χ2v) is 7.95. The summed E-state index contributed by atoms with van der Waals surface area (Å²) in [6.45, 7) is 0.748. The molecule has 4 heteroatoms. The van der Waals surface area contributed by atoms with Gasteiger partial charge in [0, 0.05) is 24.0 Å². The molecule has 2 rings (SSSR count). The molecule has 1 saturated heterocycles. The van der Waals surface area contributed by atoms with Crippen molar-refractivity contribution < 1.29 is 4.79 Å². The van der Waals surface area contributed by atoms with Gasteiger partial charge in [-0.15, -0.1) is 0 Å². The van der Waals surface area contributed by atoms with Gasteiger partial charge >= 0.3 is 0 Å². The molecule has 1 aliphatic heterocycles. The lowest BCUT2D eigenvalue weighted by Crippen LogP contribution is -2.25. The minimum Gasteiger partial charge on any atom is -0.356 e. The van der Waals surface area contributed by atoms with Crippen LogP contribution in [0.1, 0.15) is 37.7 Å². The summed E-state index contributed by atoms with van der Waals surface area (Å²) < 4.78 is 0. The third kappa shape index (κ3) is 6.23. The van der Waals surface area contributed by atoms with Gasteiger partial charge < -0.3 is 5.32 Å². The molecule has 0 aromatic heterocycles. The van der Waals surface area contributed by atoms with Crippen LogP contribution in [0.5, 0.6) is 0 Å². The molecule has 1 atom stereocenters. The monoisotopic (exact) mass is 309 g/mol. The first kappa shape index (κ1) is 15.8. The number of hydrogen-bond acceptors (Lipinski definition) is 3. The largest absolute Gasteiger partial charge is 0.356 e. The van der Waals surface area contributed by atoms with E-state index in [1.807, 2.05) is 39.8 Å². The molecule has 20 heavy (non-hydrogen) atoms. The van der Waals surface area contributed by atoms with Crippen molar-refractivity contribution in [2.24, 2.45) is 0 Å². The van der Waals surface area contributed by atoms with Crippen LogP contribution in [-0.2, 0) is 11.2 Å². The van der Waals surface area contributed by atoms with E-state index in [0.717, 1.165) is 24.6 Å². The molecular formula is C16H23NOS2. The molecule has 0 saturated carbocycles. The van der Waals surface area contributed by atoms with Crippen LogP contribution in [0.15, 0.2) is 30.3 Å². The van der Waals surface area contributed by atoms with E-state index in [0.29, 0.717) is 6.42 Å². The lowest BCUT2D eigenvalue weighted by molar-refractivity contribution is -0.121. The van der Waals surface area contributed by atoms with E-state index in [4.69, 9.17) is 0 Å². The maximum Gasteiger partial charge on any atom is 0.220 e. The van der Waals surface area contributed by atoms with Gasteiger partial charge in [-0.2, -0.15) is 0 Å². The summed E-state index contributed by atoms with van der Waals surface area (Å²) in [5.74, 6) is 1.50. The van der Waals surface area contributed by atoms with E-state index in [1.54, 1.807) is 0 Å². The summed E-state index contributed by atoms with van der Waals surface area (Å²) in [5.41, 5.74) is 1.28. The number of rotatable bonds is 8. The fraction of sp³-hybridized carbons (Fsp3) is 0.562. The highest BCUT2D eigenvalue weighted by Crippen LogP contribution is 2.39. The van der Waals surface area contributed by atoms with Crippen molar-refractivity contribution in [3.8, 4) is 0 Å². The number of carbonyl (C=O) groups excluding carboxylic acids is 1. The molecule has 1 N–H and O–H groups in total. The number of hydrogen-bond donors (Lipinski definition) is 1. The maximum atomic E-state index is 11.7. The normalized spacial score (nSPS) is 18.1. The van der Waals surface area contributed by atoms with E-state index in [9.17, 15) is 4.79 Å². The molecular weight excluding hydrogens is 286 g/mol. The van der Waals surface area contributed by atoms with Crippen molar-refractivity contribution in [2.75, 3.05) is 12.3 Å². The van der Waals surface area contributed by atoms with Gasteiger partial charge in [-0.1, -0.05) is 58.3 Å². The molecule has 1 aromatic carbocycles.